The summed E-state index contributed by atoms with van der Waals surface area (Å²) in [5.41, 5.74) is 0.471. The molecule has 2 fully saturated rings. The van der Waals surface area contributed by atoms with Crippen LogP contribution >= 0.6 is 0 Å². The fourth-order valence-corrected chi connectivity index (χ4v) is 9.28. The van der Waals surface area contributed by atoms with Crippen molar-refractivity contribution in [1.82, 2.24) is 52.3 Å². The molecule has 0 aliphatic carbocycles. The Kier molecular flexibility index (Phi) is 21.2. The Morgan fingerprint density at radius 2 is 0.855 bits per heavy atom. The fourth-order valence-electron chi connectivity index (χ4n) is 9.28. The topological polar surface area (TPSA) is 258 Å². The zero-order valence-electron chi connectivity index (χ0n) is 46.1. The molecule has 20 heteroatoms. The molecular formula is C56H80N10O10. The van der Waals surface area contributed by atoms with Crippen molar-refractivity contribution in [2.45, 2.75) is 129 Å². The summed E-state index contributed by atoms with van der Waals surface area (Å²) in [6.07, 6.45) is 0.125. The van der Waals surface area contributed by atoms with Crippen LogP contribution < -0.4 is 42.5 Å². The smallest absolute Gasteiger partial charge is 0.251 e. The van der Waals surface area contributed by atoms with E-state index in [1.807, 2.05) is 102 Å². The summed E-state index contributed by atoms with van der Waals surface area (Å²) < 4.78 is 10.9. The molecule has 2 aliphatic heterocycles. The minimum Gasteiger partial charge on any atom is -0.382 e. The van der Waals surface area contributed by atoms with Gasteiger partial charge >= 0.3 is 0 Å². The lowest BCUT2D eigenvalue weighted by Crippen LogP contribution is -2.59. The molecular weight excluding hydrogens is 973 g/mol. The van der Waals surface area contributed by atoms with Crippen molar-refractivity contribution >= 4 is 47.3 Å². The van der Waals surface area contributed by atoms with Crippen molar-refractivity contribution in [3.05, 3.63) is 107 Å². The number of hydrogen-bond acceptors (Lipinski definition) is 12. The fraction of sp³-hybridized carbons (Fsp3) is 0.536. The van der Waals surface area contributed by atoms with Gasteiger partial charge in [0.2, 0.25) is 35.4 Å². The molecule has 2 heterocycles. The Balaban J connectivity index is 1.34. The molecule has 2 saturated heterocycles. The molecule has 76 heavy (non-hydrogen) atoms. The van der Waals surface area contributed by atoms with E-state index in [4.69, 9.17) is 9.47 Å². The number of methoxy groups -OCH3 is 2. The predicted molar refractivity (Wildman–Crippen MR) is 287 cm³/mol. The minimum atomic E-state index is -1.03. The number of amides is 8. The molecule has 5 rings (SSSR count). The van der Waals surface area contributed by atoms with Crippen LogP contribution in [0.5, 0.6) is 0 Å². The van der Waals surface area contributed by atoms with E-state index >= 15 is 0 Å². The first-order valence-corrected chi connectivity index (χ1v) is 25.9. The highest BCUT2D eigenvalue weighted by atomic mass is 16.5. The molecule has 20 nitrogen and oxygen atoms in total. The summed E-state index contributed by atoms with van der Waals surface area (Å²) in [6.45, 7) is 14.5. The summed E-state index contributed by atoms with van der Waals surface area (Å²) in [6, 6.07) is 16.7. The lowest BCUT2D eigenvalue weighted by atomic mass is 9.85. The second kappa shape index (κ2) is 26.8. The Bertz CT molecular complexity index is 2310. The van der Waals surface area contributed by atoms with Gasteiger partial charge in [0, 0.05) is 50.5 Å². The SMILES string of the molecule is CN[C@@H](C)C(=O)N[C@H](C(=O)N1C[C@@H](NC(=O)c2ccc(C(=O)N[C@H]3C[C@@H](C(=O)N[C@H](COC)c4ccccc4)N(C(=O)[C@@H](NC(=O)[C@H](C)NC)C(C)(C)C)C3)cc2)C[C@H]1C(=O)N[C@H](COC)c1ccccc1)C(C)(C)C. The molecule has 0 spiro atoms. The van der Waals surface area contributed by atoms with Gasteiger partial charge in [0.15, 0.2) is 0 Å². The number of likely N-dealkylation sites (N-methyl/N-ethyl adjacent to an activating group) is 2. The first-order valence-electron chi connectivity index (χ1n) is 25.9. The van der Waals surface area contributed by atoms with Gasteiger partial charge in [0.25, 0.3) is 11.8 Å². The number of nitrogens with one attached hydrogen (secondary N) is 8. The number of carbonyl (C=O) groups is 8. The molecule has 0 bridgehead atoms. The maximum Gasteiger partial charge on any atom is 0.251 e. The van der Waals surface area contributed by atoms with Crippen LogP contribution in [0.25, 0.3) is 0 Å². The molecule has 414 valence electrons. The lowest BCUT2D eigenvalue weighted by Gasteiger charge is -2.36. The average molecular weight is 1050 g/mol. The van der Waals surface area contributed by atoms with Crippen LogP contribution in [0.1, 0.15) is 112 Å². The molecule has 2 aliphatic rings. The van der Waals surface area contributed by atoms with E-state index in [1.54, 1.807) is 27.9 Å². The molecule has 0 unspecified atom stereocenters. The molecule has 10 atom stereocenters. The van der Waals surface area contributed by atoms with Crippen LogP contribution in [0.15, 0.2) is 84.9 Å². The van der Waals surface area contributed by atoms with Gasteiger partial charge < -0.3 is 61.8 Å². The number of rotatable bonds is 22. The van der Waals surface area contributed by atoms with Gasteiger partial charge in [-0.25, -0.2) is 0 Å². The third-order valence-corrected chi connectivity index (χ3v) is 14.0. The standard InChI is InChI=1S/C56H80N10O10/c1-33(57-9)47(67)63-45(55(3,4)5)53(73)65-29-39(27-43(65)51(71)61-41(31-75-11)35-19-15-13-16-20-35)59-49(69)37-23-25-38(26-24-37)50(70)60-40-28-44(52(72)62-42(32-76-12)36-21-17-14-18-22-36)66(30-40)54(74)46(56(6,7)8)64-48(68)34(2)58-10/h13-26,33-34,39-46,57-58H,27-32H2,1-12H3,(H,59,69)(H,60,70)(H,61,71)(H,62,72)(H,63,67)(H,64,68)/t33-,34-,39-,40-,41+,42+,43-,44-,45+,46+/m0/s1. The highest BCUT2D eigenvalue weighted by Crippen LogP contribution is 2.30. The first-order chi connectivity index (χ1) is 35.9. The van der Waals surface area contributed by atoms with Gasteiger partial charge in [-0.15, -0.1) is 0 Å². The van der Waals surface area contributed by atoms with Crippen LogP contribution in [0.2, 0.25) is 0 Å². The van der Waals surface area contributed by atoms with Crippen molar-refractivity contribution in [2.75, 3.05) is 54.6 Å². The summed E-state index contributed by atoms with van der Waals surface area (Å²) >= 11 is 0. The Morgan fingerprint density at radius 1 is 0.526 bits per heavy atom. The lowest BCUT2D eigenvalue weighted by molar-refractivity contribution is -0.144. The van der Waals surface area contributed by atoms with Gasteiger partial charge in [0.1, 0.15) is 24.2 Å². The van der Waals surface area contributed by atoms with E-state index in [2.05, 4.69) is 42.5 Å². The van der Waals surface area contributed by atoms with E-state index in [-0.39, 0.29) is 50.3 Å². The number of ether oxygens (including phenoxy) is 2. The zero-order valence-corrected chi connectivity index (χ0v) is 46.1. The number of nitrogens with zero attached hydrogens (tertiary/aromatic N) is 2. The van der Waals surface area contributed by atoms with Crippen molar-refractivity contribution in [1.29, 1.82) is 0 Å². The number of benzene rings is 3. The quantitative estimate of drug-likeness (QED) is 0.0722. The monoisotopic (exact) mass is 1050 g/mol. The molecule has 8 N–H and O–H groups in total. The highest BCUT2D eigenvalue weighted by molar-refractivity contribution is 5.99. The van der Waals surface area contributed by atoms with Crippen LogP contribution in [0.3, 0.4) is 0 Å². The Hall–Kier alpha value is -6.74. The highest BCUT2D eigenvalue weighted by Gasteiger charge is 2.48. The van der Waals surface area contributed by atoms with Gasteiger partial charge in [-0.3, -0.25) is 38.4 Å². The summed E-state index contributed by atoms with van der Waals surface area (Å²) in [7, 11) is 6.33. The Morgan fingerprint density at radius 3 is 1.14 bits per heavy atom. The summed E-state index contributed by atoms with van der Waals surface area (Å²) in [4.78, 5) is 115. The molecule has 3 aromatic carbocycles. The van der Waals surface area contributed by atoms with E-state index in [0.717, 1.165) is 11.1 Å². The maximum atomic E-state index is 14.6. The first kappa shape index (κ1) is 60.1. The second-order valence-electron chi connectivity index (χ2n) is 21.9. The number of carbonyl (C=O) groups excluding carboxylic acids is 8. The minimum absolute atomic E-state index is 0.0371. The van der Waals surface area contributed by atoms with Gasteiger partial charge in [-0.1, -0.05) is 102 Å². The van der Waals surface area contributed by atoms with Crippen LogP contribution in [-0.2, 0) is 38.2 Å². The molecule has 0 radical (unpaired) electrons. The molecule has 0 aromatic heterocycles. The van der Waals surface area contributed by atoms with E-state index in [0.29, 0.717) is 0 Å². The van der Waals surface area contributed by atoms with E-state index in [1.165, 1.54) is 48.3 Å². The molecule has 0 saturated carbocycles. The van der Waals surface area contributed by atoms with Crippen LogP contribution in [0.4, 0.5) is 0 Å². The predicted octanol–water partition coefficient (Wildman–Crippen LogP) is 2.37. The number of likely N-dealkylation sites (tertiary alicyclic amines) is 2. The van der Waals surface area contributed by atoms with Crippen molar-refractivity contribution < 1.29 is 47.8 Å². The third kappa shape index (κ3) is 15.7. The van der Waals surface area contributed by atoms with Crippen molar-refractivity contribution in [3.8, 4) is 0 Å². The van der Waals surface area contributed by atoms with Crippen LogP contribution in [-0.4, -0.2) is 160 Å². The number of hydrogen-bond donors (Lipinski definition) is 8. The van der Waals surface area contributed by atoms with Gasteiger partial charge in [-0.05, 0) is 87.0 Å². The molecule has 3 aromatic rings. The normalized spacial score (nSPS) is 20.0. The van der Waals surface area contributed by atoms with Crippen molar-refractivity contribution in [2.24, 2.45) is 10.8 Å². The Labute approximate surface area is 447 Å². The van der Waals surface area contributed by atoms with E-state index < -0.39 is 119 Å². The van der Waals surface area contributed by atoms with Gasteiger partial charge in [0.05, 0.1) is 37.4 Å². The zero-order chi connectivity index (χ0) is 56.1. The second-order valence-corrected chi connectivity index (χ2v) is 21.9. The van der Waals surface area contributed by atoms with E-state index in [9.17, 15) is 38.4 Å². The summed E-state index contributed by atoms with van der Waals surface area (Å²) in [5, 5.41) is 23.6. The van der Waals surface area contributed by atoms with Crippen LogP contribution in [0, 0.1) is 10.8 Å². The third-order valence-electron chi connectivity index (χ3n) is 14.0. The molecule has 8 amide bonds. The van der Waals surface area contributed by atoms with Gasteiger partial charge in [-0.2, -0.15) is 0 Å². The average Bonchev–Trinajstić information content (AvgIpc) is 4.03. The van der Waals surface area contributed by atoms with Crippen molar-refractivity contribution in [3.63, 3.8) is 0 Å². The largest absolute Gasteiger partial charge is 0.382 e. The summed E-state index contributed by atoms with van der Waals surface area (Å²) in [5.74, 6) is -3.70. The maximum absolute atomic E-state index is 14.6.